The lowest BCUT2D eigenvalue weighted by molar-refractivity contribution is 0.0667. The van der Waals surface area contributed by atoms with E-state index in [1.807, 2.05) is 19.1 Å². The van der Waals surface area contributed by atoms with Crippen molar-refractivity contribution in [3.05, 3.63) is 58.3 Å². The molecule has 2 fully saturated rings. The minimum absolute atomic E-state index is 0.0160. The number of aryl methyl sites for hydroxylation is 1. The second-order valence-electron chi connectivity index (χ2n) is 9.94. The molecule has 1 amide bonds. The lowest BCUT2D eigenvalue weighted by Crippen LogP contribution is -2.45. The second kappa shape index (κ2) is 11.0. The van der Waals surface area contributed by atoms with Crippen molar-refractivity contribution in [3.8, 4) is 0 Å². The van der Waals surface area contributed by atoms with Gasteiger partial charge in [0.1, 0.15) is 17.5 Å². The van der Waals surface area contributed by atoms with Crippen LogP contribution in [0.15, 0.2) is 30.3 Å². The Bertz CT molecular complexity index is 1260. The summed E-state index contributed by atoms with van der Waals surface area (Å²) in [5.41, 5.74) is 0.974. The number of anilines is 3. The molecule has 3 aromatic rings. The van der Waals surface area contributed by atoms with E-state index in [-0.39, 0.29) is 22.4 Å². The molecule has 0 saturated carbocycles. The third kappa shape index (κ3) is 6.02. The first-order valence-electron chi connectivity index (χ1n) is 12.7. The van der Waals surface area contributed by atoms with E-state index in [2.05, 4.69) is 32.4 Å². The molecule has 1 aromatic carbocycles. The molecule has 1 atom stereocenters. The summed E-state index contributed by atoms with van der Waals surface area (Å²) in [6.07, 6.45) is 2.41. The number of nitrogens with one attached hydrogen (secondary N) is 2. The number of hydrogen-bond donors (Lipinski definition) is 2. The van der Waals surface area contributed by atoms with E-state index in [1.165, 1.54) is 12.1 Å². The Morgan fingerprint density at radius 2 is 1.97 bits per heavy atom. The normalized spacial score (nSPS) is 18.8. The molecule has 196 valence electrons. The zero-order valence-electron chi connectivity index (χ0n) is 21.2. The van der Waals surface area contributed by atoms with Gasteiger partial charge in [-0.15, -0.1) is 0 Å². The zero-order chi connectivity index (χ0) is 25.9. The van der Waals surface area contributed by atoms with Crippen molar-refractivity contribution in [1.82, 2.24) is 30.0 Å². The SMILES string of the molecule is Cc1cc(Nc2cc(N3CCN(C)CC3)nc(CC3CCCN(C(=O)c4cccc(Cl)c4F)C3)n2)n[nH]1. The molecule has 0 aliphatic carbocycles. The fourth-order valence-corrected chi connectivity index (χ4v) is 5.14. The van der Waals surface area contributed by atoms with E-state index >= 15 is 0 Å². The van der Waals surface area contributed by atoms with Crippen LogP contribution < -0.4 is 10.2 Å². The maximum atomic E-state index is 14.5. The van der Waals surface area contributed by atoms with Crippen LogP contribution in [0, 0.1) is 18.7 Å². The van der Waals surface area contributed by atoms with Gasteiger partial charge in [-0.1, -0.05) is 17.7 Å². The van der Waals surface area contributed by atoms with Gasteiger partial charge in [0.05, 0.1) is 10.6 Å². The van der Waals surface area contributed by atoms with Gasteiger partial charge in [-0.3, -0.25) is 9.89 Å². The predicted molar refractivity (Wildman–Crippen MR) is 142 cm³/mol. The predicted octanol–water partition coefficient (Wildman–Crippen LogP) is 3.89. The van der Waals surface area contributed by atoms with Gasteiger partial charge in [-0.25, -0.2) is 14.4 Å². The van der Waals surface area contributed by atoms with Gasteiger partial charge in [0, 0.05) is 63.5 Å². The summed E-state index contributed by atoms with van der Waals surface area (Å²) < 4.78 is 14.5. The Kier molecular flexibility index (Phi) is 7.57. The number of benzene rings is 1. The van der Waals surface area contributed by atoms with Crippen molar-refractivity contribution in [3.63, 3.8) is 0 Å². The van der Waals surface area contributed by atoms with E-state index in [4.69, 9.17) is 21.6 Å². The summed E-state index contributed by atoms with van der Waals surface area (Å²) in [7, 11) is 2.13. The molecule has 0 spiro atoms. The highest BCUT2D eigenvalue weighted by atomic mass is 35.5. The molecular weight excluding hydrogens is 495 g/mol. The molecule has 2 saturated heterocycles. The molecule has 2 aliphatic heterocycles. The summed E-state index contributed by atoms with van der Waals surface area (Å²) in [5, 5.41) is 10.5. The number of piperidine rings is 1. The van der Waals surface area contributed by atoms with E-state index in [1.54, 1.807) is 11.0 Å². The molecule has 2 aromatic heterocycles. The van der Waals surface area contributed by atoms with Crippen LogP contribution in [-0.4, -0.2) is 82.2 Å². The number of carbonyl (C=O) groups excluding carboxylic acids is 1. The van der Waals surface area contributed by atoms with Crippen molar-refractivity contribution in [1.29, 1.82) is 0 Å². The molecule has 37 heavy (non-hydrogen) atoms. The number of rotatable bonds is 6. The van der Waals surface area contributed by atoms with Crippen LogP contribution in [0.4, 0.5) is 21.8 Å². The molecule has 0 bridgehead atoms. The molecule has 1 unspecified atom stereocenters. The number of piperazine rings is 1. The number of amides is 1. The largest absolute Gasteiger partial charge is 0.354 e. The standard InChI is InChI=1S/C26H32ClFN8O/c1-17-13-23(33-32-17)30-22-15-24(35-11-9-34(2)10-12-35)31-21(29-22)14-18-5-4-8-36(16-18)26(37)19-6-3-7-20(27)25(19)28/h3,6-7,13,15,18H,4-5,8-12,14,16H2,1-2H3,(H2,29,30,31,32,33). The molecule has 9 nitrogen and oxygen atoms in total. The number of halogens is 2. The lowest BCUT2D eigenvalue weighted by atomic mass is 9.94. The third-order valence-corrected chi connectivity index (χ3v) is 7.30. The van der Waals surface area contributed by atoms with Gasteiger partial charge >= 0.3 is 0 Å². The van der Waals surface area contributed by atoms with Crippen molar-refractivity contribution in [2.75, 3.05) is 56.5 Å². The van der Waals surface area contributed by atoms with Crippen molar-refractivity contribution in [2.24, 2.45) is 5.92 Å². The zero-order valence-corrected chi connectivity index (χ0v) is 21.9. The number of carbonyl (C=O) groups is 1. The molecule has 5 rings (SSSR count). The van der Waals surface area contributed by atoms with Gasteiger partial charge in [0.15, 0.2) is 11.6 Å². The molecule has 11 heteroatoms. The number of aromatic nitrogens is 4. The lowest BCUT2D eigenvalue weighted by Gasteiger charge is -2.34. The second-order valence-corrected chi connectivity index (χ2v) is 10.4. The van der Waals surface area contributed by atoms with Crippen LogP contribution in [0.1, 0.15) is 34.7 Å². The van der Waals surface area contributed by atoms with E-state index < -0.39 is 5.82 Å². The van der Waals surface area contributed by atoms with Crippen LogP contribution in [0.2, 0.25) is 5.02 Å². The summed E-state index contributed by atoms with van der Waals surface area (Å²) in [4.78, 5) is 29.1. The van der Waals surface area contributed by atoms with E-state index in [0.717, 1.165) is 56.4 Å². The fraction of sp³-hybridized carbons (Fsp3) is 0.462. The average Bonchev–Trinajstić information content (AvgIpc) is 3.30. The summed E-state index contributed by atoms with van der Waals surface area (Å²) in [5.74, 6) is 2.18. The smallest absolute Gasteiger partial charge is 0.256 e. The Hall–Kier alpha value is -3.24. The number of hydrogen-bond acceptors (Lipinski definition) is 7. The topological polar surface area (TPSA) is 93.3 Å². The van der Waals surface area contributed by atoms with Gasteiger partial charge in [-0.2, -0.15) is 5.10 Å². The first kappa shape index (κ1) is 25.4. The summed E-state index contributed by atoms with van der Waals surface area (Å²) >= 11 is 5.91. The van der Waals surface area contributed by atoms with Crippen LogP contribution >= 0.6 is 11.6 Å². The quantitative estimate of drug-likeness (QED) is 0.503. The highest BCUT2D eigenvalue weighted by Gasteiger charge is 2.28. The van der Waals surface area contributed by atoms with Crippen molar-refractivity contribution >= 4 is 35.0 Å². The number of likely N-dealkylation sites (tertiary alicyclic amines) is 1. The van der Waals surface area contributed by atoms with Crippen molar-refractivity contribution in [2.45, 2.75) is 26.2 Å². The minimum Gasteiger partial charge on any atom is -0.354 e. The van der Waals surface area contributed by atoms with Gasteiger partial charge in [0.2, 0.25) is 0 Å². The molecule has 2 N–H and O–H groups in total. The van der Waals surface area contributed by atoms with Gasteiger partial charge in [-0.05, 0) is 44.9 Å². The summed E-state index contributed by atoms with van der Waals surface area (Å²) in [6.45, 7) is 6.80. The number of aromatic amines is 1. The molecular formula is C26H32ClFN8O. The number of nitrogens with zero attached hydrogens (tertiary/aromatic N) is 6. The fourth-order valence-electron chi connectivity index (χ4n) is 4.96. The molecule has 4 heterocycles. The Morgan fingerprint density at radius 1 is 1.16 bits per heavy atom. The Labute approximate surface area is 221 Å². The highest BCUT2D eigenvalue weighted by molar-refractivity contribution is 6.31. The number of H-pyrrole nitrogens is 1. The third-order valence-electron chi connectivity index (χ3n) is 7.01. The van der Waals surface area contributed by atoms with Crippen LogP contribution in [-0.2, 0) is 6.42 Å². The highest BCUT2D eigenvalue weighted by Crippen LogP contribution is 2.26. The van der Waals surface area contributed by atoms with Crippen LogP contribution in [0.3, 0.4) is 0 Å². The number of likely N-dealkylation sites (N-methyl/N-ethyl adjacent to an activating group) is 1. The maximum absolute atomic E-state index is 14.5. The average molecular weight is 527 g/mol. The van der Waals surface area contributed by atoms with E-state index in [9.17, 15) is 9.18 Å². The maximum Gasteiger partial charge on any atom is 0.256 e. The van der Waals surface area contributed by atoms with Crippen LogP contribution in [0.25, 0.3) is 0 Å². The summed E-state index contributed by atoms with van der Waals surface area (Å²) in [6, 6.07) is 8.44. The van der Waals surface area contributed by atoms with Gasteiger partial charge in [0.25, 0.3) is 5.91 Å². The Balaban J connectivity index is 1.34. The van der Waals surface area contributed by atoms with E-state index in [0.29, 0.717) is 31.1 Å². The first-order valence-corrected chi connectivity index (χ1v) is 13.1. The van der Waals surface area contributed by atoms with Gasteiger partial charge < -0.3 is 20.0 Å². The minimum atomic E-state index is -0.663. The first-order chi connectivity index (χ1) is 17.9. The Morgan fingerprint density at radius 3 is 2.73 bits per heavy atom. The molecule has 2 aliphatic rings. The molecule has 0 radical (unpaired) electrons. The van der Waals surface area contributed by atoms with Crippen LogP contribution in [0.5, 0.6) is 0 Å². The monoisotopic (exact) mass is 526 g/mol. The van der Waals surface area contributed by atoms with Crippen molar-refractivity contribution < 1.29 is 9.18 Å².